The average Bonchev–Trinajstić information content (AvgIpc) is 3.47. The number of H-pyrrole nitrogens is 1. The van der Waals surface area contributed by atoms with E-state index in [1.165, 1.54) is 6.42 Å². The Morgan fingerprint density at radius 2 is 2.05 bits per heavy atom. The highest BCUT2D eigenvalue weighted by atomic mass is 16.5. The van der Waals surface area contributed by atoms with Crippen molar-refractivity contribution in [2.45, 2.75) is 58.0 Å². The van der Waals surface area contributed by atoms with Gasteiger partial charge in [-0.15, -0.1) is 0 Å². The number of fused-ring (bicyclic) bond motifs is 1. The minimum Gasteiger partial charge on any atom is -0.494 e. The number of urea groups is 1. The molecule has 2 aromatic carbocycles. The van der Waals surface area contributed by atoms with Crippen molar-refractivity contribution in [2.75, 3.05) is 11.9 Å². The number of nitrogens with zero attached hydrogens (tertiary/aromatic N) is 3. The Bertz CT molecular complexity index is 1410. The number of ether oxygens (including phenoxy) is 1. The third-order valence-electron chi connectivity index (χ3n) is 6.74. The molecule has 190 valence electrons. The van der Waals surface area contributed by atoms with Crippen LogP contribution in [0.15, 0.2) is 54.9 Å². The van der Waals surface area contributed by atoms with Crippen molar-refractivity contribution in [3.05, 3.63) is 66.2 Å². The molecule has 2 heterocycles. The lowest BCUT2D eigenvalue weighted by Crippen LogP contribution is -2.34. The summed E-state index contributed by atoms with van der Waals surface area (Å²) in [4.78, 5) is 19.5. The molecule has 5 rings (SSSR count). The lowest BCUT2D eigenvalue weighted by molar-refractivity contribution is 0.250. The SMILES string of the molecule is CC(C)NC(=O)Nc1ccc(-c2c(C#N)c3ccc(OCCCc4ncc[nH]4)cc3n2C2CCC2)cc1. The van der Waals surface area contributed by atoms with E-state index in [1.807, 2.05) is 56.4 Å². The van der Waals surface area contributed by atoms with Crippen molar-refractivity contribution >= 4 is 22.6 Å². The zero-order valence-electron chi connectivity index (χ0n) is 21.3. The summed E-state index contributed by atoms with van der Waals surface area (Å²) in [5.41, 5.74) is 4.28. The normalized spacial score (nSPS) is 13.4. The Hall–Kier alpha value is -4.25. The molecule has 8 heteroatoms. The third kappa shape index (κ3) is 5.31. The van der Waals surface area contributed by atoms with Crippen LogP contribution < -0.4 is 15.4 Å². The Balaban J connectivity index is 1.43. The van der Waals surface area contributed by atoms with Crippen molar-refractivity contribution in [1.29, 1.82) is 5.26 Å². The molecule has 3 N–H and O–H groups in total. The molecule has 0 atom stereocenters. The standard InChI is InChI=1S/C29H32N6O2/c1-19(2)33-29(36)34-21-10-8-20(9-11-21)28-25(18-30)24-13-12-23(17-26(24)35(28)22-5-3-6-22)37-16-4-7-27-31-14-15-32-27/h8-15,17,19,22H,3-7,16H2,1-2H3,(H,31,32)(H2,33,34,36). The number of amides is 2. The van der Waals surface area contributed by atoms with Crippen LogP contribution in [0.1, 0.15) is 57.0 Å². The molecule has 0 radical (unpaired) electrons. The van der Waals surface area contributed by atoms with Gasteiger partial charge < -0.3 is 24.9 Å². The Labute approximate surface area is 216 Å². The number of imidazole rings is 1. The lowest BCUT2D eigenvalue weighted by Gasteiger charge is -2.30. The summed E-state index contributed by atoms with van der Waals surface area (Å²) in [6.45, 7) is 4.43. The maximum Gasteiger partial charge on any atom is 0.319 e. The summed E-state index contributed by atoms with van der Waals surface area (Å²) in [5, 5.41) is 16.8. The van der Waals surface area contributed by atoms with Crippen molar-refractivity contribution < 1.29 is 9.53 Å². The fourth-order valence-electron chi connectivity index (χ4n) is 4.81. The number of carbonyl (C=O) groups is 1. The highest BCUT2D eigenvalue weighted by molar-refractivity contribution is 5.96. The maximum absolute atomic E-state index is 12.1. The van der Waals surface area contributed by atoms with Crippen LogP contribution in [0.4, 0.5) is 10.5 Å². The van der Waals surface area contributed by atoms with E-state index in [0.717, 1.165) is 59.4 Å². The quantitative estimate of drug-likeness (QED) is 0.241. The molecule has 0 unspecified atom stereocenters. The topological polar surface area (TPSA) is 108 Å². The van der Waals surface area contributed by atoms with E-state index < -0.39 is 0 Å². The summed E-state index contributed by atoms with van der Waals surface area (Å²) < 4.78 is 8.40. The van der Waals surface area contributed by atoms with Crippen LogP contribution in [0.5, 0.6) is 5.75 Å². The zero-order valence-corrected chi connectivity index (χ0v) is 21.3. The Morgan fingerprint density at radius 3 is 2.70 bits per heavy atom. The van der Waals surface area contributed by atoms with Crippen LogP contribution in [0.25, 0.3) is 22.2 Å². The zero-order chi connectivity index (χ0) is 25.8. The summed E-state index contributed by atoms with van der Waals surface area (Å²) in [7, 11) is 0. The van der Waals surface area contributed by atoms with Crippen LogP contribution in [0.2, 0.25) is 0 Å². The van der Waals surface area contributed by atoms with Crippen LogP contribution in [-0.4, -0.2) is 33.2 Å². The van der Waals surface area contributed by atoms with E-state index in [2.05, 4.69) is 37.3 Å². The van der Waals surface area contributed by atoms with Gasteiger partial charge in [0, 0.05) is 48.0 Å². The van der Waals surface area contributed by atoms with Gasteiger partial charge in [-0.2, -0.15) is 5.26 Å². The second-order valence-corrected chi connectivity index (χ2v) is 9.79. The monoisotopic (exact) mass is 496 g/mol. The number of nitriles is 1. The first-order valence-corrected chi connectivity index (χ1v) is 12.9. The van der Waals surface area contributed by atoms with Gasteiger partial charge in [-0.3, -0.25) is 0 Å². The van der Waals surface area contributed by atoms with Crippen molar-refractivity contribution in [3.63, 3.8) is 0 Å². The largest absolute Gasteiger partial charge is 0.494 e. The van der Waals surface area contributed by atoms with Gasteiger partial charge in [0.2, 0.25) is 0 Å². The highest BCUT2D eigenvalue weighted by Crippen LogP contribution is 2.43. The molecular formula is C29H32N6O2. The number of hydrogen-bond acceptors (Lipinski definition) is 4. The van der Waals surface area contributed by atoms with Gasteiger partial charge in [-0.1, -0.05) is 12.1 Å². The molecule has 0 aliphatic heterocycles. The number of hydrogen-bond donors (Lipinski definition) is 3. The van der Waals surface area contributed by atoms with Gasteiger partial charge in [-0.25, -0.2) is 9.78 Å². The van der Waals surface area contributed by atoms with Gasteiger partial charge in [0.05, 0.1) is 23.4 Å². The Kier molecular flexibility index (Phi) is 7.13. The van der Waals surface area contributed by atoms with E-state index in [9.17, 15) is 10.1 Å². The summed E-state index contributed by atoms with van der Waals surface area (Å²) in [5.74, 6) is 1.76. The van der Waals surface area contributed by atoms with Gasteiger partial charge >= 0.3 is 6.03 Å². The number of aryl methyl sites for hydroxylation is 1. The van der Waals surface area contributed by atoms with E-state index in [4.69, 9.17) is 4.74 Å². The van der Waals surface area contributed by atoms with Crippen LogP contribution in [-0.2, 0) is 6.42 Å². The van der Waals surface area contributed by atoms with Crippen LogP contribution in [0, 0.1) is 11.3 Å². The van der Waals surface area contributed by atoms with Gasteiger partial charge in [0.15, 0.2) is 0 Å². The first-order valence-electron chi connectivity index (χ1n) is 12.9. The first-order chi connectivity index (χ1) is 18.0. The van der Waals surface area contributed by atoms with E-state index in [1.54, 1.807) is 6.20 Å². The minimum absolute atomic E-state index is 0.0560. The smallest absolute Gasteiger partial charge is 0.319 e. The number of benzene rings is 2. The second kappa shape index (κ2) is 10.8. The molecule has 8 nitrogen and oxygen atoms in total. The molecule has 1 aliphatic carbocycles. The highest BCUT2D eigenvalue weighted by Gasteiger charge is 2.28. The number of aromatic amines is 1. The van der Waals surface area contributed by atoms with E-state index in [0.29, 0.717) is 23.9 Å². The number of carbonyl (C=O) groups excluding carboxylic acids is 1. The molecule has 0 saturated heterocycles. The summed E-state index contributed by atoms with van der Waals surface area (Å²) in [6, 6.07) is 16.4. The minimum atomic E-state index is -0.235. The van der Waals surface area contributed by atoms with Crippen molar-refractivity contribution in [2.24, 2.45) is 0 Å². The van der Waals surface area contributed by atoms with Crippen LogP contribution >= 0.6 is 0 Å². The second-order valence-electron chi connectivity index (χ2n) is 9.79. The van der Waals surface area contributed by atoms with Crippen molar-refractivity contribution in [3.8, 4) is 23.1 Å². The Morgan fingerprint density at radius 1 is 1.24 bits per heavy atom. The van der Waals surface area contributed by atoms with E-state index in [-0.39, 0.29) is 12.1 Å². The lowest BCUT2D eigenvalue weighted by atomic mass is 9.92. The predicted molar refractivity (Wildman–Crippen MR) is 145 cm³/mol. The number of aromatic nitrogens is 3. The predicted octanol–water partition coefficient (Wildman–Crippen LogP) is 6.17. The molecule has 1 fully saturated rings. The fraction of sp³-hybridized carbons (Fsp3) is 0.345. The fourth-order valence-corrected chi connectivity index (χ4v) is 4.81. The molecule has 1 aliphatic rings. The third-order valence-corrected chi connectivity index (χ3v) is 6.74. The van der Waals surface area contributed by atoms with Gasteiger partial charge in [0.1, 0.15) is 17.6 Å². The molecule has 0 bridgehead atoms. The summed E-state index contributed by atoms with van der Waals surface area (Å²) >= 11 is 0. The number of anilines is 1. The van der Waals surface area contributed by atoms with Crippen molar-refractivity contribution in [1.82, 2.24) is 19.9 Å². The molecule has 0 spiro atoms. The van der Waals surface area contributed by atoms with Gasteiger partial charge in [0.25, 0.3) is 0 Å². The number of rotatable bonds is 9. The molecule has 1 saturated carbocycles. The number of nitrogens with one attached hydrogen (secondary N) is 3. The molecular weight excluding hydrogens is 464 g/mol. The molecule has 4 aromatic rings. The molecule has 37 heavy (non-hydrogen) atoms. The maximum atomic E-state index is 12.1. The van der Waals surface area contributed by atoms with Gasteiger partial charge in [-0.05, 0) is 69.4 Å². The van der Waals surface area contributed by atoms with Crippen LogP contribution in [0.3, 0.4) is 0 Å². The molecule has 2 amide bonds. The summed E-state index contributed by atoms with van der Waals surface area (Å²) in [6.07, 6.45) is 8.64. The van der Waals surface area contributed by atoms with E-state index >= 15 is 0 Å². The first kappa shape index (κ1) is 24.4. The molecule has 2 aromatic heterocycles. The average molecular weight is 497 g/mol.